The van der Waals surface area contributed by atoms with Crippen LogP contribution in [0.15, 0.2) is 24.3 Å². The van der Waals surface area contributed by atoms with E-state index in [1.807, 2.05) is 24.3 Å². The van der Waals surface area contributed by atoms with Gasteiger partial charge in [-0.2, -0.15) is 0 Å². The zero-order valence-electron chi connectivity index (χ0n) is 12.8. The minimum Gasteiger partial charge on any atom is -0.481 e. The first-order valence-corrected chi connectivity index (χ1v) is 7.51. The van der Waals surface area contributed by atoms with Crippen molar-refractivity contribution >= 4 is 17.6 Å². The lowest BCUT2D eigenvalue weighted by atomic mass is 9.67. The maximum Gasteiger partial charge on any atom is 0.303 e. The molecule has 0 spiro atoms. The molecule has 1 aliphatic heterocycles. The molecular formula is C16H24ClNO3. The van der Waals surface area contributed by atoms with E-state index in [1.165, 1.54) is 0 Å². The van der Waals surface area contributed by atoms with E-state index in [9.17, 15) is 9.90 Å². The van der Waals surface area contributed by atoms with Crippen molar-refractivity contribution in [3.63, 3.8) is 0 Å². The molecule has 0 aromatic heterocycles. The molecule has 1 aliphatic rings. The van der Waals surface area contributed by atoms with Crippen LogP contribution in [-0.4, -0.2) is 29.3 Å². The molecule has 0 radical (unpaired) electrons. The highest BCUT2D eigenvalue weighted by Crippen LogP contribution is 2.43. The van der Waals surface area contributed by atoms with E-state index in [0.29, 0.717) is 5.02 Å². The number of halogens is 1. The van der Waals surface area contributed by atoms with Gasteiger partial charge in [-0.1, -0.05) is 44.5 Å². The number of carbonyl (C=O) groups is 1. The molecule has 1 fully saturated rings. The van der Waals surface area contributed by atoms with Crippen LogP contribution in [0.25, 0.3) is 0 Å². The molecule has 0 amide bonds. The number of benzene rings is 1. The third-order valence-electron chi connectivity index (χ3n) is 3.97. The van der Waals surface area contributed by atoms with Crippen molar-refractivity contribution < 1.29 is 15.0 Å². The van der Waals surface area contributed by atoms with Gasteiger partial charge in [0.2, 0.25) is 0 Å². The molecule has 1 aromatic rings. The van der Waals surface area contributed by atoms with Crippen LogP contribution in [0.3, 0.4) is 0 Å². The second kappa shape index (κ2) is 7.25. The van der Waals surface area contributed by atoms with Gasteiger partial charge >= 0.3 is 5.97 Å². The molecule has 1 atom stereocenters. The molecule has 0 saturated carbocycles. The number of hydrogen-bond donors (Lipinski definition) is 3. The molecule has 0 bridgehead atoms. The van der Waals surface area contributed by atoms with Crippen molar-refractivity contribution in [1.29, 1.82) is 0 Å². The predicted octanol–water partition coefficient (Wildman–Crippen LogP) is 3.03. The third kappa shape index (κ3) is 4.43. The average molecular weight is 314 g/mol. The van der Waals surface area contributed by atoms with E-state index in [-0.39, 0.29) is 11.8 Å². The summed E-state index contributed by atoms with van der Waals surface area (Å²) < 4.78 is 0. The third-order valence-corrected chi connectivity index (χ3v) is 4.23. The van der Waals surface area contributed by atoms with E-state index >= 15 is 0 Å². The van der Waals surface area contributed by atoms with E-state index in [1.54, 1.807) is 6.92 Å². The highest BCUT2D eigenvalue weighted by atomic mass is 35.5. The molecular weight excluding hydrogens is 290 g/mol. The number of carboxylic acids is 1. The Bertz CT molecular complexity index is 473. The van der Waals surface area contributed by atoms with Crippen LogP contribution >= 0.6 is 11.6 Å². The van der Waals surface area contributed by atoms with Crippen molar-refractivity contribution in [2.75, 3.05) is 13.1 Å². The highest BCUT2D eigenvalue weighted by Gasteiger charge is 2.46. The SMILES string of the molecule is CC1(C)CNCCC1(O)c1ccc(Cl)cc1.CCC(=O)O. The van der Waals surface area contributed by atoms with E-state index in [2.05, 4.69) is 19.2 Å². The van der Waals surface area contributed by atoms with Crippen molar-refractivity contribution in [3.05, 3.63) is 34.9 Å². The molecule has 0 aliphatic carbocycles. The number of aliphatic carboxylic acids is 1. The Balaban J connectivity index is 0.000000383. The van der Waals surface area contributed by atoms with Crippen LogP contribution in [0.2, 0.25) is 5.02 Å². The van der Waals surface area contributed by atoms with Crippen LogP contribution in [0.1, 0.15) is 39.2 Å². The van der Waals surface area contributed by atoms with Crippen molar-refractivity contribution in [2.24, 2.45) is 5.41 Å². The Morgan fingerprint density at radius 2 is 1.86 bits per heavy atom. The topological polar surface area (TPSA) is 69.6 Å². The van der Waals surface area contributed by atoms with Crippen molar-refractivity contribution in [1.82, 2.24) is 5.32 Å². The van der Waals surface area contributed by atoms with Gasteiger partial charge in [0, 0.05) is 23.4 Å². The number of hydrogen-bond acceptors (Lipinski definition) is 3. The van der Waals surface area contributed by atoms with Gasteiger partial charge in [-0.25, -0.2) is 0 Å². The summed E-state index contributed by atoms with van der Waals surface area (Å²) in [5, 5.41) is 22.6. The monoisotopic (exact) mass is 313 g/mol. The summed E-state index contributed by atoms with van der Waals surface area (Å²) in [6.45, 7) is 7.46. The fourth-order valence-corrected chi connectivity index (χ4v) is 2.54. The summed E-state index contributed by atoms with van der Waals surface area (Å²) in [6.07, 6.45) is 0.960. The van der Waals surface area contributed by atoms with Gasteiger partial charge in [0.25, 0.3) is 0 Å². The molecule has 1 aromatic carbocycles. The van der Waals surface area contributed by atoms with Gasteiger partial charge in [0.05, 0.1) is 5.60 Å². The minimum absolute atomic E-state index is 0.168. The van der Waals surface area contributed by atoms with E-state index in [0.717, 1.165) is 25.1 Å². The van der Waals surface area contributed by atoms with Crippen LogP contribution in [0.5, 0.6) is 0 Å². The molecule has 21 heavy (non-hydrogen) atoms. The number of rotatable bonds is 2. The Labute approximate surface area is 131 Å². The summed E-state index contributed by atoms with van der Waals surface area (Å²) in [6, 6.07) is 7.53. The van der Waals surface area contributed by atoms with Gasteiger partial charge in [-0.15, -0.1) is 0 Å². The lowest BCUT2D eigenvalue weighted by Crippen LogP contribution is -2.53. The second-order valence-electron chi connectivity index (χ2n) is 5.93. The average Bonchev–Trinajstić information content (AvgIpc) is 2.43. The largest absolute Gasteiger partial charge is 0.481 e. The first-order valence-electron chi connectivity index (χ1n) is 7.14. The standard InChI is InChI=1S/C13H18ClNO.C3H6O2/c1-12(2)9-15-8-7-13(12,16)10-3-5-11(14)6-4-10;1-2-3(4)5/h3-6,15-16H,7-9H2,1-2H3;2H2,1H3,(H,4,5). The Hall–Kier alpha value is -1.10. The van der Waals surface area contributed by atoms with Crippen LogP contribution in [-0.2, 0) is 10.4 Å². The van der Waals surface area contributed by atoms with Crippen molar-refractivity contribution in [2.45, 2.75) is 39.2 Å². The number of nitrogens with one attached hydrogen (secondary N) is 1. The van der Waals surface area contributed by atoms with Crippen LogP contribution < -0.4 is 5.32 Å². The molecule has 2 rings (SSSR count). The van der Waals surface area contributed by atoms with E-state index in [4.69, 9.17) is 16.7 Å². The molecule has 1 unspecified atom stereocenters. The van der Waals surface area contributed by atoms with E-state index < -0.39 is 11.6 Å². The van der Waals surface area contributed by atoms with Gasteiger partial charge < -0.3 is 15.5 Å². The maximum absolute atomic E-state index is 10.9. The first kappa shape index (κ1) is 18.0. The lowest BCUT2D eigenvalue weighted by molar-refractivity contribution is -0.136. The minimum atomic E-state index is -0.761. The Kier molecular flexibility index (Phi) is 6.20. The predicted molar refractivity (Wildman–Crippen MR) is 84.5 cm³/mol. The highest BCUT2D eigenvalue weighted by molar-refractivity contribution is 6.30. The van der Waals surface area contributed by atoms with Gasteiger partial charge in [-0.3, -0.25) is 4.79 Å². The second-order valence-corrected chi connectivity index (χ2v) is 6.36. The molecule has 5 heteroatoms. The zero-order chi connectivity index (χ0) is 16.1. The maximum atomic E-state index is 10.9. The summed E-state index contributed by atoms with van der Waals surface area (Å²) in [4.78, 5) is 9.37. The lowest BCUT2D eigenvalue weighted by Gasteiger charge is -2.47. The quantitative estimate of drug-likeness (QED) is 0.785. The summed E-state index contributed by atoms with van der Waals surface area (Å²) in [7, 11) is 0. The smallest absolute Gasteiger partial charge is 0.303 e. The Morgan fingerprint density at radius 1 is 1.33 bits per heavy atom. The summed E-state index contributed by atoms with van der Waals surface area (Å²) in [5.41, 5.74) is 0.0328. The van der Waals surface area contributed by atoms with Crippen molar-refractivity contribution in [3.8, 4) is 0 Å². The zero-order valence-corrected chi connectivity index (χ0v) is 13.6. The molecule has 1 saturated heterocycles. The number of carboxylic acid groups (broad SMARTS) is 1. The van der Waals surface area contributed by atoms with Crippen LogP contribution in [0.4, 0.5) is 0 Å². The van der Waals surface area contributed by atoms with Gasteiger partial charge in [0.15, 0.2) is 0 Å². The normalized spacial score (nSPS) is 23.9. The fraction of sp³-hybridized carbons (Fsp3) is 0.562. The first-order chi connectivity index (χ1) is 9.73. The summed E-state index contributed by atoms with van der Waals surface area (Å²) in [5.74, 6) is -0.745. The molecule has 1 heterocycles. The Morgan fingerprint density at radius 3 is 2.29 bits per heavy atom. The molecule has 3 N–H and O–H groups in total. The summed E-state index contributed by atoms with van der Waals surface area (Å²) >= 11 is 5.87. The van der Waals surface area contributed by atoms with Gasteiger partial charge in [-0.05, 0) is 30.7 Å². The molecule has 118 valence electrons. The molecule has 4 nitrogen and oxygen atoms in total. The van der Waals surface area contributed by atoms with Gasteiger partial charge in [0.1, 0.15) is 0 Å². The number of piperidine rings is 1. The number of aliphatic hydroxyl groups is 1. The van der Waals surface area contributed by atoms with Crippen LogP contribution in [0, 0.1) is 5.41 Å². The fourth-order valence-electron chi connectivity index (χ4n) is 2.42.